The summed E-state index contributed by atoms with van der Waals surface area (Å²) in [6, 6.07) is 6.17. The van der Waals surface area contributed by atoms with Gasteiger partial charge in [0.15, 0.2) is 0 Å². The molecule has 1 aliphatic rings. The molecule has 24 heavy (non-hydrogen) atoms. The van der Waals surface area contributed by atoms with E-state index in [1.165, 1.54) is 0 Å². The van der Waals surface area contributed by atoms with E-state index in [1.54, 1.807) is 6.20 Å². The Hall–Kier alpha value is -2.44. The molecule has 7 nitrogen and oxygen atoms in total. The predicted molar refractivity (Wildman–Crippen MR) is 91.6 cm³/mol. The van der Waals surface area contributed by atoms with E-state index in [9.17, 15) is 4.79 Å². The summed E-state index contributed by atoms with van der Waals surface area (Å²) in [5.41, 5.74) is 2.10. The zero-order valence-electron chi connectivity index (χ0n) is 14.3. The molecule has 1 amide bonds. The summed E-state index contributed by atoms with van der Waals surface area (Å²) in [5.74, 6) is 1.01. The molecule has 0 aliphatic carbocycles. The Labute approximate surface area is 142 Å². The highest BCUT2D eigenvalue weighted by atomic mass is 16.2. The van der Waals surface area contributed by atoms with Gasteiger partial charge in [-0.1, -0.05) is 0 Å². The van der Waals surface area contributed by atoms with Crippen molar-refractivity contribution in [2.45, 2.75) is 45.7 Å². The number of piperidine rings is 1. The summed E-state index contributed by atoms with van der Waals surface area (Å²) in [7, 11) is 0. The average molecular weight is 328 g/mol. The summed E-state index contributed by atoms with van der Waals surface area (Å²) >= 11 is 0. The van der Waals surface area contributed by atoms with Crippen LogP contribution in [0.4, 0.5) is 5.82 Å². The van der Waals surface area contributed by atoms with Crippen molar-refractivity contribution in [3.05, 3.63) is 35.8 Å². The average Bonchev–Trinajstić information content (AvgIpc) is 2.92. The SMILES string of the molecule is Cc1cc(C)n(CCC(=O)N2CCC(Nc3cccnn3)CC2)n1. The Morgan fingerprint density at radius 2 is 2.12 bits per heavy atom. The minimum absolute atomic E-state index is 0.209. The Morgan fingerprint density at radius 3 is 2.75 bits per heavy atom. The highest BCUT2D eigenvalue weighted by Crippen LogP contribution is 2.15. The van der Waals surface area contributed by atoms with Gasteiger partial charge in [0.05, 0.1) is 5.69 Å². The number of aryl methyl sites for hydroxylation is 3. The zero-order valence-corrected chi connectivity index (χ0v) is 14.3. The summed E-state index contributed by atoms with van der Waals surface area (Å²) in [5, 5.41) is 15.7. The lowest BCUT2D eigenvalue weighted by Gasteiger charge is -2.32. The van der Waals surface area contributed by atoms with Crippen LogP contribution in [-0.2, 0) is 11.3 Å². The smallest absolute Gasteiger partial charge is 0.224 e. The van der Waals surface area contributed by atoms with Crippen LogP contribution in [-0.4, -0.2) is 49.9 Å². The van der Waals surface area contributed by atoms with E-state index in [0.29, 0.717) is 19.0 Å². The van der Waals surface area contributed by atoms with Crippen LogP contribution in [0.1, 0.15) is 30.7 Å². The van der Waals surface area contributed by atoms with E-state index in [1.807, 2.05) is 41.6 Å². The molecule has 0 spiro atoms. The lowest BCUT2D eigenvalue weighted by molar-refractivity contribution is -0.132. The van der Waals surface area contributed by atoms with Gasteiger partial charge in [0.1, 0.15) is 5.82 Å². The van der Waals surface area contributed by atoms with Gasteiger partial charge in [0, 0.05) is 44.0 Å². The maximum Gasteiger partial charge on any atom is 0.224 e. The summed E-state index contributed by atoms with van der Waals surface area (Å²) in [6.45, 7) is 6.21. The van der Waals surface area contributed by atoms with E-state index in [0.717, 1.165) is 43.1 Å². The molecule has 0 atom stereocenters. The molecule has 0 radical (unpaired) electrons. The van der Waals surface area contributed by atoms with Gasteiger partial charge in [0.25, 0.3) is 0 Å². The molecule has 3 rings (SSSR count). The van der Waals surface area contributed by atoms with Gasteiger partial charge in [-0.05, 0) is 44.9 Å². The van der Waals surface area contributed by atoms with Crippen LogP contribution >= 0.6 is 0 Å². The minimum Gasteiger partial charge on any atom is -0.366 e. The maximum atomic E-state index is 12.4. The molecule has 0 aromatic carbocycles. The van der Waals surface area contributed by atoms with Crippen LogP contribution in [0.15, 0.2) is 24.4 Å². The van der Waals surface area contributed by atoms with Crippen LogP contribution in [0.3, 0.4) is 0 Å². The molecule has 0 unspecified atom stereocenters. The molecule has 3 heterocycles. The Bertz CT molecular complexity index is 676. The number of likely N-dealkylation sites (tertiary alicyclic amines) is 1. The molecular formula is C17H24N6O. The van der Waals surface area contributed by atoms with E-state index >= 15 is 0 Å². The van der Waals surface area contributed by atoms with Gasteiger partial charge >= 0.3 is 0 Å². The number of carbonyl (C=O) groups is 1. The van der Waals surface area contributed by atoms with Gasteiger partial charge in [-0.3, -0.25) is 9.48 Å². The van der Waals surface area contributed by atoms with Gasteiger partial charge in [0.2, 0.25) is 5.91 Å². The quantitative estimate of drug-likeness (QED) is 0.905. The largest absolute Gasteiger partial charge is 0.366 e. The number of nitrogens with one attached hydrogen (secondary N) is 1. The molecule has 0 saturated carbocycles. The number of hydrogen-bond acceptors (Lipinski definition) is 5. The van der Waals surface area contributed by atoms with E-state index in [2.05, 4.69) is 20.6 Å². The van der Waals surface area contributed by atoms with Crippen molar-refractivity contribution in [1.29, 1.82) is 0 Å². The van der Waals surface area contributed by atoms with Crippen molar-refractivity contribution in [1.82, 2.24) is 24.9 Å². The summed E-state index contributed by atoms with van der Waals surface area (Å²) in [6.07, 6.45) is 4.03. The zero-order chi connectivity index (χ0) is 16.9. The summed E-state index contributed by atoms with van der Waals surface area (Å²) < 4.78 is 1.91. The Balaban J connectivity index is 1.44. The first-order valence-corrected chi connectivity index (χ1v) is 8.45. The Kier molecular flexibility index (Phi) is 5.08. The number of amides is 1. The molecule has 2 aromatic heterocycles. The molecule has 1 saturated heterocycles. The predicted octanol–water partition coefficient (Wildman–Crippen LogP) is 1.78. The van der Waals surface area contributed by atoms with Gasteiger partial charge < -0.3 is 10.2 Å². The van der Waals surface area contributed by atoms with Crippen molar-refractivity contribution < 1.29 is 4.79 Å². The molecule has 0 bridgehead atoms. The molecule has 7 heteroatoms. The van der Waals surface area contributed by atoms with Gasteiger partial charge in [-0.15, -0.1) is 5.10 Å². The van der Waals surface area contributed by atoms with Crippen molar-refractivity contribution in [3.63, 3.8) is 0 Å². The van der Waals surface area contributed by atoms with Crippen molar-refractivity contribution in [2.24, 2.45) is 0 Å². The van der Waals surface area contributed by atoms with Gasteiger partial charge in [-0.25, -0.2) is 0 Å². The number of nitrogens with zero attached hydrogens (tertiary/aromatic N) is 5. The molecular weight excluding hydrogens is 304 g/mol. The lowest BCUT2D eigenvalue weighted by Crippen LogP contribution is -2.42. The van der Waals surface area contributed by atoms with Crippen LogP contribution in [0.25, 0.3) is 0 Å². The lowest BCUT2D eigenvalue weighted by atomic mass is 10.0. The second-order valence-corrected chi connectivity index (χ2v) is 6.31. The third kappa shape index (κ3) is 4.10. The third-order valence-electron chi connectivity index (χ3n) is 4.41. The number of rotatable bonds is 5. The second-order valence-electron chi connectivity index (χ2n) is 6.31. The van der Waals surface area contributed by atoms with E-state index in [4.69, 9.17) is 0 Å². The number of anilines is 1. The fourth-order valence-electron chi connectivity index (χ4n) is 3.12. The monoisotopic (exact) mass is 328 g/mol. The minimum atomic E-state index is 0.209. The first-order valence-electron chi connectivity index (χ1n) is 8.45. The molecule has 2 aromatic rings. The van der Waals surface area contributed by atoms with Gasteiger partial charge in [-0.2, -0.15) is 10.2 Å². The fourth-order valence-corrected chi connectivity index (χ4v) is 3.12. The maximum absolute atomic E-state index is 12.4. The van der Waals surface area contributed by atoms with Crippen LogP contribution < -0.4 is 5.32 Å². The van der Waals surface area contributed by atoms with Crippen LogP contribution in [0.5, 0.6) is 0 Å². The molecule has 1 N–H and O–H groups in total. The third-order valence-corrected chi connectivity index (χ3v) is 4.41. The number of aromatic nitrogens is 4. The van der Waals surface area contributed by atoms with Crippen molar-refractivity contribution in [2.75, 3.05) is 18.4 Å². The first kappa shape index (κ1) is 16.4. The standard InChI is InChI=1S/C17H24N6O/c1-13-12-14(2)23(21-13)11-7-17(24)22-9-5-15(6-10-22)19-16-4-3-8-18-20-16/h3-4,8,12,15H,5-7,9-11H2,1-2H3,(H,19,20). The molecule has 1 fully saturated rings. The topological polar surface area (TPSA) is 75.9 Å². The van der Waals surface area contributed by atoms with Crippen LogP contribution in [0.2, 0.25) is 0 Å². The van der Waals surface area contributed by atoms with Crippen molar-refractivity contribution >= 4 is 11.7 Å². The Morgan fingerprint density at radius 1 is 1.33 bits per heavy atom. The van der Waals surface area contributed by atoms with E-state index in [-0.39, 0.29) is 5.91 Å². The highest BCUT2D eigenvalue weighted by molar-refractivity contribution is 5.76. The first-order chi connectivity index (χ1) is 11.6. The summed E-state index contributed by atoms with van der Waals surface area (Å²) in [4.78, 5) is 14.4. The number of carbonyl (C=O) groups excluding carboxylic acids is 1. The molecule has 128 valence electrons. The van der Waals surface area contributed by atoms with E-state index < -0.39 is 0 Å². The van der Waals surface area contributed by atoms with Crippen LogP contribution in [0, 0.1) is 13.8 Å². The fraction of sp³-hybridized carbons (Fsp3) is 0.529. The normalized spacial score (nSPS) is 15.5. The highest BCUT2D eigenvalue weighted by Gasteiger charge is 2.22. The van der Waals surface area contributed by atoms with Crippen molar-refractivity contribution in [3.8, 4) is 0 Å². The second kappa shape index (κ2) is 7.42. The number of hydrogen-bond donors (Lipinski definition) is 1. The molecule has 1 aliphatic heterocycles.